The van der Waals surface area contributed by atoms with Crippen molar-refractivity contribution >= 4 is 17.3 Å². The van der Waals surface area contributed by atoms with Gasteiger partial charge in [-0.3, -0.25) is 0 Å². The highest BCUT2D eigenvalue weighted by atomic mass is 35.5. The first-order valence-electron chi connectivity index (χ1n) is 5.93. The number of hydrogen-bond acceptors (Lipinski definition) is 2. The van der Waals surface area contributed by atoms with Gasteiger partial charge in [0.05, 0.1) is 10.7 Å². The van der Waals surface area contributed by atoms with Crippen molar-refractivity contribution in [2.75, 3.05) is 11.9 Å². The Morgan fingerprint density at radius 1 is 1.16 bits per heavy atom. The molecule has 0 fully saturated rings. The molecule has 0 aliphatic heterocycles. The average Bonchev–Trinajstić information content (AvgIpc) is 2.45. The first kappa shape index (κ1) is 13.3. The zero-order valence-corrected chi connectivity index (χ0v) is 11.2. The van der Waals surface area contributed by atoms with Gasteiger partial charge in [-0.15, -0.1) is 6.42 Å². The molecule has 0 bridgehead atoms. The zero-order chi connectivity index (χ0) is 13.5. The summed E-state index contributed by atoms with van der Waals surface area (Å²) >= 11 is 6.08. The van der Waals surface area contributed by atoms with Gasteiger partial charge in [0, 0.05) is 6.54 Å². The van der Waals surface area contributed by atoms with Gasteiger partial charge in [0.25, 0.3) is 0 Å². The molecule has 0 heterocycles. The monoisotopic (exact) mass is 271 g/mol. The van der Waals surface area contributed by atoms with Crippen LogP contribution in [-0.4, -0.2) is 6.61 Å². The van der Waals surface area contributed by atoms with Crippen LogP contribution < -0.4 is 10.1 Å². The predicted octanol–water partition coefficient (Wildman–Crippen LogP) is 3.96. The van der Waals surface area contributed by atoms with E-state index in [9.17, 15) is 0 Å². The van der Waals surface area contributed by atoms with Crippen LogP contribution in [0, 0.1) is 12.3 Å². The Bertz CT molecular complexity index is 589. The highest BCUT2D eigenvalue weighted by molar-refractivity contribution is 6.33. The minimum absolute atomic E-state index is 0.279. The minimum Gasteiger partial charge on any atom is -0.481 e. The molecule has 96 valence electrons. The second-order valence-electron chi connectivity index (χ2n) is 3.97. The number of hydrogen-bond donors (Lipinski definition) is 1. The van der Waals surface area contributed by atoms with Gasteiger partial charge < -0.3 is 10.1 Å². The van der Waals surface area contributed by atoms with Crippen LogP contribution in [0.3, 0.4) is 0 Å². The summed E-state index contributed by atoms with van der Waals surface area (Å²) in [4.78, 5) is 0. The van der Waals surface area contributed by atoms with E-state index in [1.807, 2.05) is 48.5 Å². The molecule has 2 aromatic rings. The molecule has 0 saturated heterocycles. The maximum Gasteiger partial charge on any atom is 0.148 e. The lowest BCUT2D eigenvalue weighted by atomic mass is 10.2. The third kappa shape index (κ3) is 3.94. The smallest absolute Gasteiger partial charge is 0.148 e. The third-order valence-corrected chi connectivity index (χ3v) is 2.91. The topological polar surface area (TPSA) is 21.3 Å². The van der Waals surface area contributed by atoms with E-state index in [2.05, 4.69) is 11.2 Å². The molecule has 3 heteroatoms. The van der Waals surface area contributed by atoms with Crippen molar-refractivity contribution in [1.82, 2.24) is 0 Å². The summed E-state index contributed by atoms with van der Waals surface area (Å²) < 4.78 is 5.38. The van der Waals surface area contributed by atoms with Crippen molar-refractivity contribution in [3.8, 4) is 18.1 Å². The van der Waals surface area contributed by atoms with E-state index in [1.165, 1.54) is 0 Å². The molecule has 0 aliphatic rings. The van der Waals surface area contributed by atoms with E-state index in [4.69, 9.17) is 22.8 Å². The fourth-order valence-electron chi connectivity index (χ4n) is 1.67. The molecular weight excluding hydrogens is 258 g/mol. The molecule has 0 saturated carbocycles. The zero-order valence-electron chi connectivity index (χ0n) is 10.4. The van der Waals surface area contributed by atoms with E-state index in [0.717, 1.165) is 17.0 Å². The molecule has 0 aromatic heterocycles. The van der Waals surface area contributed by atoms with Gasteiger partial charge in [0.2, 0.25) is 0 Å². The SMILES string of the molecule is C#CCOc1cccc(CNc2ccccc2Cl)c1. The Morgan fingerprint density at radius 3 is 2.79 bits per heavy atom. The number of anilines is 1. The lowest BCUT2D eigenvalue weighted by molar-refractivity contribution is 0.370. The van der Waals surface area contributed by atoms with Crippen LogP contribution in [0.25, 0.3) is 0 Å². The molecule has 0 atom stereocenters. The number of nitrogens with one attached hydrogen (secondary N) is 1. The highest BCUT2D eigenvalue weighted by Crippen LogP contribution is 2.21. The molecular formula is C16H14ClNO. The van der Waals surface area contributed by atoms with E-state index in [-0.39, 0.29) is 6.61 Å². The van der Waals surface area contributed by atoms with Crippen LogP contribution in [0.2, 0.25) is 5.02 Å². The molecule has 0 aliphatic carbocycles. The fourth-order valence-corrected chi connectivity index (χ4v) is 1.87. The molecule has 19 heavy (non-hydrogen) atoms. The molecule has 0 amide bonds. The van der Waals surface area contributed by atoms with Crippen LogP contribution in [0.1, 0.15) is 5.56 Å². The first-order valence-corrected chi connectivity index (χ1v) is 6.31. The van der Waals surface area contributed by atoms with E-state index in [0.29, 0.717) is 11.6 Å². The van der Waals surface area contributed by atoms with Gasteiger partial charge in [-0.2, -0.15) is 0 Å². The second kappa shape index (κ2) is 6.72. The normalized spacial score (nSPS) is 9.68. The Labute approximate surface area is 118 Å². The van der Waals surface area contributed by atoms with E-state index < -0.39 is 0 Å². The molecule has 0 unspecified atom stereocenters. The van der Waals surface area contributed by atoms with Crippen molar-refractivity contribution in [3.05, 3.63) is 59.1 Å². The minimum atomic E-state index is 0.279. The highest BCUT2D eigenvalue weighted by Gasteiger charge is 2.00. The first-order chi connectivity index (χ1) is 9.29. The summed E-state index contributed by atoms with van der Waals surface area (Å²) in [5.74, 6) is 3.22. The standard InChI is InChI=1S/C16H14ClNO/c1-2-10-19-14-7-5-6-13(11-14)12-18-16-9-4-3-8-15(16)17/h1,3-9,11,18H,10,12H2. The lowest BCUT2D eigenvalue weighted by Gasteiger charge is -2.09. The number of terminal acetylenes is 1. The largest absolute Gasteiger partial charge is 0.481 e. The molecule has 2 rings (SSSR count). The van der Waals surface area contributed by atoms with Crippen LogP contribution in [0.15, 0.2) is 48.5 Å². The van der Waals surface area contributed by atoms with Crippen molar-refractivity contribution in [2.45, 2.75) is 6.54 Å². The van der Waals surface area contributed by atoms with Gasteiger partial charge in [-0.05, 0) is 29.8 Å². The maximum atomic E-state index is 6.08. The van der Waals surface area contributed by atoms with Gasteiger partial charge in [-0.25, -0.2) is 0 Å². The molecule has 0 spiro atoms. The summed E-state index contributed by atoms with van der Waals surface area (Å²) in [6.07, 6.45) is 5.16. The van der Waals surface area contributed by atoms with Crippen molar-refractivity contribution in [1.29, 1.82) is 0 Å². The van der Waals surface area contributed by atoms with Crippen LogP contribution in [-0.2, 0) is 6.54 Å². The van der Waals surface area contributed by atoms with Gasteiger partial charge in [0.1, 0.15) is 12.4 Å². The Balaban J connectivity index is 2.00. The summed E-state index contributed by atoms with van der Waals surface area (Å²) in [6, 6.07) is 15.5. The number of halogens is 1. The molecule has 1 N–H and O–H groups in total. The van der Waals surface area contributed by atoms with Crippen molar-refractivity contribution in [2.24, 2.45) is 0 Å². The second-order valence-corrected chi connectivity index (χ2v) is 4.38. The van der Waals surface area contributed by atoms with Gasteiger partial charge in [0.15, 0.2) is 0 Å². The van der Waals surface area contributed by atoms with E-state index >= 15 is 0 Å². The number of ether oxygens (including phenoxy) is 1. The quantitative estimate of drug-likeness (QED) is 0.831. The van der Waals surface area contributed by atoms with Crippen molar-refractivity contribution < 1.29 is 4.74 Å². The number of para-hydroxylation sites is 1. The summed E-state index contributed by atoms with van der Waals surface area (Å²) in [5, 5.41) is 4.00. The third-order valence-electron chi connectivity index (χ3n) is 2.58. The van der Waals surface area contributed by atoms with Crippen LogP contribution in [0.4, 0.5) is 5.69 Å². The van der Waals surface area contributed by atoms with Crippen LogP contribution >= 0.6 is 11.6 Å². The van der Waals surface area contributed by atoms with Gasteiger partial charge in [-0.1, -0.05) is 41.8 Å². The Morgan fingerprint density at radius 2 is 2.00 bits per heavy atom. The summed E-state index contributed by atoms with van der Waals surface area (Å²) in [5.41, 5.74) is 2.02. The Hall–Kier alpha value is -2.11. The molecule has 2 aromatic carbocycles. The van der Waals surface area contributed by atoms with E-state index in [1.54, 1.807) is 0 Å². The predicted molar refractivity (Wildman–Crippen MR) is 79.5 cm³/mol. The van der Waals surface area contributed by atoms with Crippen LogP contribution in [0.5, 0.6) is 5.75 Å². The fraction of sp³-hybridized carbons (Fsp3) is 0.125. The molecule has 0 radical (unpaired) electrons. The lowest BCUT2D eigenvalue weighted by Crippen LogP contribution is -2.00. The summed E-state index contributed by atoms with van der Waals surface area (Å²) in [6.45, 7) is 0.957. The maximum absolute atomic E-state index is 6.08. The molecule has 2 nitrogen and oxygen atoms in total. The number of rotatable bonds is 5. The average molecular weight is 272 g/mol. The Kier molecular flexibility index (Phi) is 4.72. The van der Waals surface area contributed by atoms with Crippen molar-refractivity contribution in [3.63, 3.8) is 0 Å². The summed E-state index contributed by atoms with van der Waals surface area (Å²) in [7, 11) is 0. The number of benzene rings is 2. The van der Waals surface area contributed by atoms with Gasteiger partial charge >= 0.3 is 0 Å².